The van der Waals surface area contributed by atoms with Gasteiger partial charge in [0.2, 0.25) is 0 Å². The minimum Gasteiger partial charge on any atom is -0.361 e. The number of hydrogen-bond acceptors (Lipinski definition) is 2. The summed E-state index contributed by atoms with van der Waals surface area (Å²) < 4.78 is 0. The largest absolute Gasteiger partial charge is 0.361 e. The Morgan fingerprint density at radius 2 is 1.92 bits per heavy atom. The molecule has 3 aromatic rings. The van der Waals surface area contributed by atoms with Gasteiger partial charge in [-0.3, -0.25) is 4.99 Å². The summed E-state index contributed by atoms with van der Waals surface area (Å²) in [6, 6.07) is 9.67. The third-order valence-electron chi connectivity index (χ3n) is 4.13. The summed E-state index contributed by atoms with van der Waals surface area (Å²) in [5.74, 6) is 0.782. The van der Waals surface area contributed by atoms with Crippen LogP contribution < -0.4 is 10.6 Å². The van der Waals surface area contributed by atoms with Gasteiger partial charge in [0.05, 0.1) is 0 Å². The molecule has 1 aromatic carbocycles. The SMILES string of the molecule is CN=C(NCCc1ccc(Cl)nc1)NCCc1c[nH]c2ccc(Cl)cc12. The summed E-state index contributed by atoms with van der Waals surface area (Å²) in [5, 5.41) is 9.07. The molecule has 7 heteroatoms. The van der Waals surface area contributed by atoms with Gasteiger partial charge in [-0.1, -0.05) is 29.3 Å². The van der Waals surface area contributed by atoms with Crippen LogP contribution in [0.2, 0.25) is 10.2 Å². The fourth-order valence-corrected chi connectivity index (χ4v) is 3.06. The number of H-pyrrole nitrogens is 1. The van der Waals surface area contributed by atoms with Gasteiger partial charge in [0.1, 0.15) is 5.15 Å². The monoisotopic (exact) mass is 389 g/mol. The first-order chi connectivity index (χ1) is 12.7. The maximum Gasteiger partial charge on any atom is 0.190 e. The Morgan fingerprint density at radius 3 is 2.65 bits per heavy atom. The van der Waals surface area contributed by atoms with Crippen LogP contribution in [0.1, 0.15) is 11.1 Å². The van der Waals surface area contributed by atoms with E-state index in [0.29, 0.717) is 5.15 Å². The number of fused-ring (bicyclic) bond motifs is 1. The molecule has 0 aliphatic rings. The molecule has 0 unspecified atom stereocenters. The van der Waals surface area contributed by atoms with Gasteiger partial charge in [0.15, 0.2) is 5.96 Å². The Labute approximate surface area is 162 Å². The molecule has 2 heterocycles. The summed E-state index contributed by atoms with van der Waals surface area (Å²) in [5.41, 5.74) is 3.47. The van der Waals surface area contributed by atoms with Crippen LogP contribution in [0.15, 0.2) is 47.7 Å². The van der Waals surface area contributed by atoms with Gasteiger partial charge in [0.25, 0.3) is 0 Å². The predicted molar refractivity (Wildman–Crippen MR) is 109 cm³/mol. The maximum absolute atomic E-state index is 6.10. The molecule has 0 radical (unpaired) electrons. The van der Waals surface area contributed by atoms with Crippen LogP contribution in [-0.2, 0) is 12.8 Å². The normalized spacial score (nSPS) is 11.7. The highest BCUT2D eigenvalue weighted by atomic mass is 35.5. The Hall–Kier alpha value is -2.24. The average molecular weight is 390 g/mol. The fraction of sp³-hybridized carbons (Fsp3) is 0.263. The highest BCUT2D eigenvalue weighted by molar-refractivity contribution is 6.31. The van der Waals surface area contributed by atoms with Crippen LogP contribution in [0.5, 0.6) is 0 Å². The van der Waals surface area contributed by atoms with E-state index in [0.717, 1.165) is 53.4 Å². The first-order valence-electron chi connectivity index (χ1n) is 8.46. The first-order valence-corrected chi connectivity index (χ1v) is 9.22. The number of guanidine groups is 1. The number of halogens is 2. The summed E-state index contributed by atoms with van der Waals surface area (Å²) >= 11 is 11.9. The van der Waals surface area contributed by atoms with Crippen LogP contribution >= 0.6 is 23.2 Å². The first kappa shape index (κ1) is 18.5. The van der Waals surface area contributed by atoms with E-state index < -0.39 is 0 Å². The molecule has 3 N–H and O–H groups in total. The second-order valence-electron chi connectivity index (χ2n) is 5.92. The molecule has 0 aliphatic heterocycles. The molecule has 3 rings (SSSR count). The zero-order valence-electron chi connectivity index (χ0n) is 14.5. The Bertz CT molecular complexity index is 887. The van der Waals surface area contributed by atoms with Crippen molar-refractivity contribution in [2.45, 2.75) is 12.8 Å². The minimum absolute atomic E-state index is 0.512. The fourth-order valence-electron chi connectivity index (χ4n) is 2.77. The third kappa shape index (κ3) is 4.90. The van der Waals surface area contributed by atoms with E-state index in [-0.39, 0.29) is 0 Å². The molecule has 136 valence electrons. The van der Waals surface area contributed by atoms with E-state index >= 15 is 0 Å². The quantitative estimate of drug-likeness (QED) is 0.341. The summed E-state index contributed by atoms with van der Waals surface area (Å²) in [7, 11) is 1.77. The summed E-state index contributed by atoms with van der Waals surface area (Å²) in [4.78, 5) is 11.6. The van der Waals surface area contributed by atoms with Gasteiger partial charge < -0.3 is 15.6 Å². The van der Waals surface area contributed by atoms with Crippen LogP contribution in [-0.4, -0.2) is 36.1 Å². The molecule has 0 fully saturated rings. The molecule has 0 spiro atoms. The molecule has 0 aliphatic carbocycles. The number of pyridine rings is 1. The van der Waals surface area contributed by atoms with E-state index in [2.05, 4.69) is 25.6 Å². The molecule has 26 heavy (non-hydrogen) atoms. The van der Waals surface area contributed by atoms with Crippen LogP contribution in [0, 0.1) is 0 Å². The number of aromatic amines is 1. The van der Waals surface area contributed by atoms with E-state index in [1.54, 1.807) is 19.3 Å². The van der Waals surface area contributed by atoms with Gasteiger partial charge in [-0.15, -0.1) is 0 Å². The van der Waals surface area contributed by atoms with Crippen molar-refractivity contribution in [3.63, 3.8) is 0 Å². The van der Waals surface area contributed by atoms with E-state index in [9.17, 15) is 0 Å². The lowest BCUT2D eigenvalue weighted by atomic mass is 10.1. The molecule has 0 saturated carbocycles. The Kier molecular flexibility index (Phi) is 6.36. The minimum atomic E-state index is 0.512. The molecule has 5 nitrogen and oxygen atoms in total. The molecule has 0 saturated heterocycles. The lowest BCUT2D eigenvalue weighted by molar-refractivity contribution is 0.784. The second-order valence-corrected chi connectivity index (χ2v) is 6.74. The number of nitrogens with one attached hydrogen (secondary N) is 3. The molecule has 0 bridgehead atoms. The lowest BCUT2D eigenvalue weighted by Crippen LogP contribution is -2.39. The molecule has 0 amide bonds. The number of aromatic nitrogens is 2. The second kappa shape index (κ2) is 8.92. The topological polar surface area (TPSA) is 65.1 Å². The number of benzene rings is 1. The van der Waals surface area contributed by atoms with Gasteiger partial charge in [-0.25, -0.2) is 4.98 Å². The van der Waals surface area contributed by atoms with Gasteiger partial charge in [-0.05, 0) is 48.2 Å². The molecule has 2 aromatic heterocycles. The number of rotatable bonds is 6. The van der Waals surface area contributed by atoms with Crippen molar-refractivity contribution in [3.05, 3.63) is 64.0 Å². The van der Waals surface area contributed by atoms with Crippen molar-refractivity contribution in [2.75, 3.05) is 20.1 Å². The Morgan fingerprint density at radius 1 is 1.12 bits per heavy atom. The maximum atomic E-state index is 6.10. The zero-order chi connectivity index (χ0) is 18.4. The van der Waals surface area contributed by atoms with E-state index in [4.69, 9.17) is 23.2 Å². The summed E-state index contributed by atoms with van der Waals surface area (Å²) in [6.45, 7) is 1.55. The van der Waals surface area contributed by atoms with Gasteiger partial charge in [-0.2, -0.15) is 0 Å². The van der Waals surface area contributed by atoms with Gasteiger partial charge >= 0.3 is 0 Å². The Balaban J connectivity index is 1.46. The van der Waals surface area contributed by atoms with Crippen molar-refractivity contribution in [1.29, 1.82) is 0 Å². The number of nitrogens with zero attached hydrogens (tertiary/aromatic N) is 2. The van der Waals surface area contributed by atoms with Crippen LogP contribution in [0.25, 0.3) is 10.9 Å². The predicted octanol–water partition coefficient (Wildman–Crippen LogP) is 3.82. The van der Waals surface area contributed by atoms with Crippen molar-refractivity contribution >= 4 is 40.1 Å². The zero-order valence-corrected chi connectivity index (χ0v) is 16.0. The van der Waals surface area contributed by atoms with Crippen LogP contribution in [0.3, 0.4) is 0 Å². The smallest absolute Gasteiger partial charge is 0.190 e. The average Bonchev–Trinajstić information content (AvgIpc) is 3.04. The molecular formula is C19H21Cl2N5. The lowest BCUT2D eigenvalue weighted by Gasteiger charge is -2.11. The highest BCUT2D eigenvalue weighted by Crippen LogP contribution is 2.22. The van der Waals surface area contributed by atoms with E-state index in [1.165, 1.54) is 5.56 Å². The van der Waals surface area contributed by atoms with Crippen LogP contribution in [0.4, 0.5) is 0 Å². The van der Waals surface area contributed by atoms with Crippen molar-refractivity contribution in [3.8, 4) is 0 Å². The standard InChI is InChI=1S/C19H21Cl2N5/c1-22-19(23-8-6-13-2-5-18(21)26-11-13)24-9-7-14-12-25-17-4-3-15(20)10-16(14)17/h2-5,10-12,25H,6-9H2,1H3,(H2,22,23,24). The number of hydrogen-bond donors (Lipinski definition) is 3. The van der Waals surface area contributed by atoms with E-state index in [1.807, 2.05) is 30.5 Å². The molecule has 0 atom stereocenters. The number of aliphatic imine (C=N–C) groups is 1. The third-order valence-corrected chi connectivity index (χ3v) is 4.59. The molecular weight excluding hydrogens is 369 g/mol. The van der Waals surface area contributed by atoms with Crippen molar-refractivity contribution in [1.82, 2.24) is 20.6 Å². The van der Waals surface area contributed by atoms with Crippen molar-refractivity contribution in [2.24, 2.45) is 4.99 Å². The highest BCUT2D eigenvalue weighted by Gasteiger charge is 2.05. The summed E-state index contributed by atoms with van der Waals surface area (Å²) in [6.07, 6.45) is 5.56. The van der Waals surface area contributed by atoms with Crippen molar-refractivity contribution < 1.29 is 0 Å². The van der Waals surface area contributed by atoms with Gasteiger partial charge in [0, 0.05) is 48.5 Å².